The molecule has 3 aromatic rings. The third-order valence-corrected chi connectivity index (χ3v) is 5.93. The van der Waals surface area contributed by atoms with E-state index in [4.69, 9.17) is 0 Å². The van der Waals surface area contributed by atoms with E-state index >= 15 is 0 Å². The van der Waals surface area contributed by atoms with Crippen molar-refractivity contribution in [2.24, 2.45) is 5.41 Å². The number of hydrogen-bond acceptors (Lipinski definition) is 4. The lowest BCUT2D eigenvalue weighted by Crippen LogP contribution is -2.40. The van der Waals surface area contributed by atoms with Crippen LogP contribution < -0.4 is 5.32 Å². The minimum absolute atomic E-state index is 0.00121. The van der Waals surface area contributed by atoms with Crippen LogP contribution in [0.5, 0.6) is 0 Å². The smallest absolute Gasteiger partial charge is 0.230 e. The number of nitrogens with one attached hydrogen (secondary N) is 1. The van der Waals surface area contributed by atoms with Crippen LogP contribution in [0.2, 0.25) is 0 Å². The molecule has 1 fully saturated rings. The van der Waals surface area contributed by atoms with Gasteiger partial charge in [-0.25, -0.2) is 9.07 Å². The molecule has 4 rings (SSSR count). The molecule has 0 spiro atoms. The van der Waals surface area contributed by atoms with E-state index < -0.39 is 5.41 Å². The standard InChI is InChI=1S/C23H26FN5O/c1-2-29-21(26-27-28-29)18-9-7-11-20(15-18)25-22(30)23(12-4-3-5-13-23)16-17-8-6-10-19(24)14-17/h6-11,14-15H,2-5,12-13,16H2,1H3,(H,25,30). The topological polar surface area (TPSA) is 72.7 Å². The summed E-state index contributed by atoms with van der Waals surface area (Å²) in [5, 5.41) is 14.9. The highest BCUT2D eigenvalue weighted by atomic mass is 19.1. The number of benzene rings is 2. The summed E-state index contributed by atoms with van der Waals surface area (Å²) in [6, 6.07) is 14.2. The Morgan fingerprint density at radius 1 is 1.13 bits per heavy atom. The van der Waals surface area contributed by atoms with Crippen LogP contribution in [0.15, 0.2) is 48.5 Å². The molecule has 2 aromatic carbocycles. The van der Waals surface area contributed by atoms with Crippen LogP contribution in [0.25, 0.3) is 11.4 Å². The number of aromatic nitrogens is 4. The second-order valence-corrected chi connectivity index (χ2v) is 8.00. The Morgan fingerprint density at radius 2 is 1.93 bits per heavy atom. The third-order valence-electron chi connectivity index (χ3n) is 5.93. The van der Waals surface area contributed by atoms with E-state index in [1.54, 1.807) is 10.7 Å². The number of anilines is 1. The lowest BCUT2D eigenvalue weighted by Gasteiger charge is -2.36. The predicted octanol–water partition coefficient (Wildman–Crippen LogP) is 4.63. The molecular weight excluding hydrogens is 381 g/mol. The maximum atomic E-state index is 13.7. The van der Waals surface area contributed by atoms with Crippen LogP contribution in [0.3, 0.4) is 0 Å². The van der Waals surface area contributed by atoms with E-state index in [2.05, 4.69) is 20.8 Å². The molecule has 1 heterocycles. The van der Waals surface area contributed by atoms with Crippen molar-refractivity contribution in [1.82, 2.24) is 20.2 Å². The van der Waals surface area contributed by atoms with Crippen LogP contribution in [0.1, 0.15) is 44.6 Å². The van der Waals surface area contributed by atoms with Crippen molar-refractivity contribution in [3.63, 3.8) is 0 Å². The monoisotopic (exact) mass is 407 g/mol. The van der Waals surface area contributed by atoms with Gasteiger partial charge in [0.25, 0.3) is 0 Å². The van der Waals surface area contributed by atoms with E-state index in [9.17, 15) is 9.18 Å². The molecule has 0 aliphatic heterocycles. The first-order valence-corrected chi connectivity index (χ1v) is 10.5. The summed E-state index contributed by atoms with van der Waals surface area (Å²) in [7, 11) is 0. The molecule has 1 aliphatic rings. The van der Waals surface area contributed by atoms with Crippen molar-refractivity contribution in [2.75, 3.05) is 5.32 Å². The molecule has 1 aromatic heterocycles. The first-order chi connectivity index (χ1) is 14.6. The van der Waals surface area contributed by atoms with Gasteiger partial charge < -0.3 is 5.32 Å². The Kier molecular flexibility index (Phi) is 5.88. The third kappa shape index (κ3) is 4.25. The zero-order valence-electron chi connectivity index (χ0n) is 17.1. The maximum Gasteiger partial charge on any atom is 0.230 e. The maximum absolute atomic E-state index is 13.7. The summed E-state index contributed by atoms with van der Waals surface area (Å²) < 4.78 is 15.4. The highest BCUT2D eigenvalue weighted by molar-refractivity contribution is 5.96. The molecule has 156 valence electrons. The summed E-state index contributed by atoms with van der Waals surface area (Å²) in [4.78, 5) is 13.4. The normalized spacial score (nSPS) is 15.7. The van der Waals surface area contributed by atoms with Gasteiger partial charge in [-0.05, 0) is 66.4 Å². The quantitative estimate of drug-likeness (QED) is 0.647. The van der Waals surface area contributed by atoms with Crippen molar-refractivity contribution >= 4 is 11.6 Å². The molecular formula is C23H26FN5O. The fourth-order valence-corrected chi connectivity index (χ4v) is 4.37. The van der Waals surface area contributed by atoms with Crippen LogP contribution >= 0.6 is 0 Å². The second-order valence-electron chi connectivity index (χ2n) is 8.00. The van der Waals surface area contributed by atoms with Gasteiger partial charge in [-0.3, -0.25) is 4.79 Å². The number of rotatable bonds is 6. The fraction of sp³-hybridized carbons (Fsp3) is 0.391. The molecule has 1 N–H and O–H groups in total. The molecule has 0 atom stereocenters. The van der Waals surface area contributed by atoms with Crippen molar-refractivity contribution in [1.29, 1.82) is 0 Å². The van der Waals surface area contributed by atoms with Crippen LogP contribution in [-0.2, 0) is 17.8 Å². The molecule has 0 bridgehead atoms. The molecule has 6 nitrogen and oxygen atoms in total. The van der Waals surface area contributed by atoms with Gasteiger partial charge in [0.1, 0.15) is 5.82 Å². The number of halogens is 1. The predicted molar refractivity (Wildman–Crippen MR) is 113 cm³/mol. The van der Waals surface area contributed by atoms with Gasteiger partial charge in [-0.15, -0.1) is 5.10 Å². The summed E-state index contributed by atoms with van der Waals surface area (Å²) in [6.45, 7) is 2.64. The zero-order chi connectivity index (χ0) is 21.0. The Labute approximate surface area is 175 Å². The highest BCUT2D eigenvalue weighted by Crippen LogP contribution is 2.40. The van der Waals surface area contributed by atoms with Crippen LogP contribution in [0.4, 0.5) is 10.1 Å². The van der Waals surface area contributed by atoms with E-state index in [1.165, 1.54) is 12.1 Å². The number of amides is 1. The lowest BCUT2D eigenvalue weighted by atomic mass is 9.69. The molecule has 0 radical (unpaired) electrons. The van der Waals surface area contributed by atoms with Gasteiger partial charge in [0, 0.05) is 17.8 Å². The van der Waals surface area contributed by atoms with Crippen LogP contribution in [-0.4, -0.2) is 26.1 Å². The van der Waals surface area contributed by atoms with Gasteiger partial charge in [0.15, 0.2) is 5.82 Å². The molecule has 1 amide bonds. The van der Waals surface area contributed by atoms with E-state index in [1.807, 2.05) is 37.3 Å². The largest absolute Gasteiger partial charge is 0.326 e. The number of aryl methyl sites for hydroxylation is 1. The Hall–Kier alpha value is -3.09. The first kappa shape index (κ1) is 20.2. The average molecular weight is 407 g/mol. The van der Waals surface area contributed by atoms with Gasteiger partial charge >= 0.3 is 0 Å². The highest BCUT2D eigenvalue weighted by Gasteiger charge is 2.39. The Bertz CT molecular complexity index is 1030. The van der Waals surface area contributed by atoms with Crippen LogP contribution in [0, 0.1) is 11.2 Å². The Morgan fingerprint density at radius 3 is 2.70 bits per heavy atom. The molecule has 30 heavy (non-hydrogen) atoms. The van der Waals surface area contributed by atoms with Gasteiger partial charge in [-0.1, -0.05) is 43.5 Å². The number of tetrazole rings is 1. The summed E-state index contributed by atoms with van der Waals surface area (Å²) in [5.74, 6) is 0.402. The van der Waals surface area contributed by atoms with Gasteiger partial charge in [-0.2, -0.15) is 0 Å². The van der Waals surface area contributed by atoms with Gasteiger partial charge in [0.2, 0.25) is 5.91 Å². The first-order valence-electron chi connectivity index (χ1n) is 10.5. The minimum Gasteiger partial charge on any atom is -0.326 e. The van der Waals surface area contributed by atoms with E-state index in [0.29, 0.717) is 24.5 Å². The number of nitrogens with zero attached hydrogens (tertiary/aromatic N) is 4. The molecule has 7 heteroatoms. The number of hydrogen-bond donors (Lipinski definition) is 1. The van der Waals surface area contributed by atoms with Crippen molar-refractivity contribution in [3.8, 4) is 11.4 Å². The lowest BCUT2D eigenvalue weighted by molar-refractivity contribution is -0.127. The fourth-order valence-electron chi connectivity index (χ4n) is 4.37. The Balaban J connectivity index is 1.58. The number of carbonyl (C=O) groups is 1. The minimum atomic E-state index is -0.521. The number of carbonyl (C=O) groups excluding carboxylic acids is 1. The van der Waals surface area contributed by atoms with E-state index in [-0.39, 0.29) is 11.7 Å². The summed E-state index contributed by atoms with van der Waals surface area (Å²) >= 11 is 0. The second kappa shape index (κ2) is 8.73. The summed E-state index contributed by atoms with van der Waals surface area (Å²) in [6.07, 6.45) is 5.31. The molecule has 1 saturated carbocycles. The average Bonchev–Trinajstić information content (AvgIpc) is 3.23. The van der Waals surface area contributed by atoms with Crippen molar-refractivity contribution in [3.05, 3.63) is 59.9 Å². The van der Waals surface area contributed by atoms with Gasteiger partial charge in [0.05, 0.1) is 5.41 Å². The zero-order valence-corrected chi connectivity index (χ0v) is 17.1. The SMILES string of the molecule is CCn1nnnc1-c1cccc(NC(=O)C2(Cc3cccc(F)c3)CCCCC2)c1. The summed E-state index contributed by atoms with van der Waals surface area (Å²) in [5.41, 5.74) is 1.91. The van der Waals surface area contributed by atoms with Crippen molar-refractivity contribution in [2.45, 2.75) is 52.0 Å². The van der Waals surface area contributed by atoms with E-state index in [0.717, 1.165) is 43.2 Å². The molecule has 0 saturated heterocycles. The molecule has 0 unspecified atom stereocenters. The molecule has 1 aliphatic carbocycles. The van der Waals surface area contributed by atoms with Crippen molar-refractivity contribution < 1.29 is 9.18 Å².